The highest BCUT2D eigenvalue weighted by Gasteiger charge is 2.35. The highest BCUT2D eigenvalue weighted by atomic mass is 35.5. The van der Waals surface area contributed by atoms with Crippen LogP contribution in [0, 0.1) is 11.8 Å². The summed E-state index contributed by atoms with van der Waals surface area (Å²) in [4.78, 5) is 7.19. The first-order valence-corrected chi connectivity index (χ1v) is 7.22. The van der Waals surface area contributed by atoms with Crippen LogP contribution in [0.4, 0.5) is 0 Å². The standard InChI is InChI=1S/C14H17ClN4/c15-12-1-2-14-17-13(9-19(14)7-12)8-18-5-10-3-16-4-11(10)6-18/h1-2,7,9-11,16H,3-6,8H2/t10-,11+. The van der Waals surface area contributed by atoms with E-state index in [2.05, 4.69) is 21.4 Å². The van der Waals surface area contributed by atoms with Gasteiger partial charge in [0.05, 0.1) is 10.7 Å². The Hall–Kier alpha value is -1.10. The molecule has 1 N–H and O–H groups in total. The molecule has 0 aliphatic carbocycles. The average Bonchev–Trinajstić information content (AvgIpc) is 3.01. The molecule has 0 unspecified atom stereocenters. The number of nitrogens with one attached hydrogen (secondary N) is 1. The normalized spacial score (nSPS) is 27.2. The predicted molar refractivity (Wildman–Crippen MR) is 75.3 cm³/mol. The van der Waals surface area contributed by atoms with Crippen molar-refractivity contribution in [3.05, 3.63) is 35.2 Å². The molecule has 0 amide bonds. The number of likely N-dealkylation sites (tertiary alicyclic amines) is 1. The summed E-state index contributed by atoms with van der Waals surface area (Å²) in [5.74, 6) is 1.68. The highest BCUT2D eigenvalue weighted by Crippen LogP contribution is 2.27. The van der Waals surface area contributed by atoms with Gasteiger partial charge in [-0.2, -0.15) is 0 Å². The molecule has 2 aliphatic heterocycles. The van der Waals surface area contributed by atoms with Crippen LogP contribution in [0.15, 0.2) is 24.5 Å². The van der Waals surface area contributed by atoms with Gasteiger partial charge in [-0.1, -0.05) is 11.6 Å². The van der Waals surface area contributed by atoms with Crippen LogP contribution < -0.4 is 5.32 Å². The predicted octanol–water partition coefficient (Wildman–Crippen LogP) is 1.64. The van der Waals surface area contributed by atoms with Crippen molar-refractivity contribution in [2.45, 2.75) is 6.54 Å². The number of imidazole rings is 1. The van der Waals surface area contributed by atoms with Gasteiger partial charge < -0.3 is 9.72 Å². The molecule has 2 fully saturated rings. The third kappa shape index (κ3) is 2.14. The van der Waals surface area contributed by atoms with Gasteiger partial charge in [0.2, 0.25) is 0 Å². The topological polar surface area (TPSA) is 32.6 Å². The van der Waals surface area contributed by atoms with Gasteiger partial charge in [0.25, 0.3) is 0 Å². The summed E-state index contributed by atoms with van der Waals surface area (Å²) in [5.41, 5.74) is 2.11. The fourth-order valence-corrected chi connectivity index (χ4v) is 3.57. The number of aromatic nitrogens is 2. The number of hydrogen-bond donors (Lipinski definition) is 1. The van der Waals surface area contributed by atoms with Crippen molar-refractivity contribution in [1.82, 2.24) is 19.6 Å². The van der Waals surface area contributed by atoms with E-state index in [0.29, 0.717) is 0 Å². The molecule has 5 heteroatoms. The quantitative estimate of drug-likeness (QED) is 0.905. The molecule has 0 radical (unpaired) electrons. The van der Waals surface area contributed by atoms with Crippen LogP contribution in [-0.2, 0) is 6.54 Å². The zero-order valence-corrected chi connectivity index (χ0v) is 11.5. The van der Waals surface area contributed by atoms with Crippen molar-refractivity contribution in [2.24, 2.45) is 11.8 Å². The molecule has 0 saturated carbocycles. The van der Waals surface area contributed by atoms with Crippen molar-refractivity contribution >= 4 is 17.2 Å². The Morgan fingerprint density at radius 3 is 2.79 bits per heavy atom. The molecule has 0 aromatic carbocycles. The molecule has 0 bridgehead atoms. The monoisotopic (exact) mass is 276 g/mol. The van der Waals surface area contributed by atoms with E-state index in [1.54, 1.807) is 0 Å². The lowest BCUT2D eigenvalue weighted by Crippen LogP contribution is -2.25. The Bertz CT molecular complexity index is 597. The number of fused-ring (bicyclic) bond motifs is 2. The highest BCUT2D eigenvalue weighted by molar-refractivity contribution is 6.30. The van der Waals surface area contributed by atoms with Gasteiger partial charge in [-0.3, -0.25) is 4.90 Å². The minimum absolute atomic E-state index is 0.748. The molecule has 2 atom stereocenters. The van der Waals surface area contributed by atoms with Gasteiger partial charge in [0, 0.05) is 32.0 Å². The van der Waals surface area contributed by atoms with Crippen molar-refractivity contribution in [2.75, 3.05) is 26.2 Å². The Labute approximate surface area is 117 Å². The van der Waals surface area contributed by atoms with Gasteiger partial charge in [-0.15, -0.1) is 0 Å². The van der Waals surface area contributed by atoms with Gasteiger partial charge >= 0.3 is 0 Å². The summed E-state index contributed by atoms with van der Waals surface area (Å²) in [7, 11) is 0. The first kappa shape index (κ1) is 11.7. The van der Waals surface area contributed by atoms with E-state index < -0.39 is 0 Å². The van der Waals surface area contributed by atoms with Crippen molar-refractivity contribution in [3.63, 3.8) is 0 Å². The van der Waals surface area contributed by atoms with Crippen molar-refractivity contribution in [3.8, 4) is 0 Å². The summed E-state index contributed by atoms with van der Waals surface area (Å²) in [6.07, 6.45) is 4.00. The molecule has 4 heterocycles. The van der Waals surface area contributed by atoms with Crippen LogP contribution in [0.1, 0.15) is 5.69 Å². The minimum Gasteiger partial charge on any atom is -0.316 e. The molecular formula is C14H17ClN4. The smallest absolute Gasteiger partial charge is 0.137 e. The summed E-state index contributed by atoms with van der Waals surface area (Å²) in [6, 6.07) is 3.86. The SMILES string of the molecule is Clc1ccc2nc(CN3C[C@H]4CNC[C@H]4C3)cn2c1. The van der Waals surface area contributed by atoms with E-state index in [0.717, 1.165) is 34.7 Å². The number of rotatable bonds is 2. The van der Waals surface area contributed by atoms with E-state index in [1.165, 1.54) is 26.2 Å². The van der Waals surface area contributed by atoms with Gasteiger partial charge in [0.15, 0.2) is 0 Å². The zero-order valence-electron chi connectivity index (χ0n) is 10.7. The first-order valence-electron chi connectivity index (χ1n) is 6.84. The maximum Gasteiger partial charge on any atom is 0.137 e. The number of halogens is 1. The Kier molecular flexibility index (Phi) is 2.76. The second kappa shape index (κ2) is 4.47. The third-order valence-electron chi connectivity index (χ3n) is 4.32. The first-order chi connectivity index (χ1) is 9.28. The molecule has 19 heavy (non-hydrogen) atoms. The summed E-state index contributed by atoms with van der Waals surface area (Å²) >= 11 is 6.00. The third-order valence-corrected chi connectivity index (χ3v) is 4.54. The summed E-state index contributed by atoms with van der Waals surface area (Å²) in [5, 5.41) is 4.22. The Balaban J connectivity index is 1.52. The van der Waals surface area contributed by atoms with Crippen LogP contribution in [0.3, 0.4) is 0 Å². The molecule has 0 spiro atoms. The lowest BCUT2D eigenvalue weighted by atomic mass is 10.0. The van der Waals surface area contributed by atoms with Crippen molar-refractivity contribution in [1.29, 1.82) is 0 Å². The summed E-state index contributed by atoms with van der Waals surface area (Å²) in [6.45, 7) is 5.72. The lowest BCUT2D eigenvalue weighted by molar-refractivity contribution is 0.302. The van der Waals surface area contributed by atoms with E-state index in [9.17, 15) is 0 Å². The largest absolute Gasteiger partial charge is 0.316 e. The van der Waals surface area contributed by atoms with Gasteiger partial charge in [-0.25, -0.2) is 4.98 Å². The van der Waals surface area contributed by atoms with Crippen LogP contribution in [0.2, 0.25) is 5.02 Å². The second-order valence-electron chi connectivity index (χ2n) is 5.72. The van der Waals surface area contributed by atoms with Crippen LogP contribution in [-0.4, -0.2) is 40.5 Å². The average molecular weight is 277 g/mol. The lowest BCUT2D eigenvalue weighted by Gasteiger charge is -2.14. The van der Waals surface area contributed by atoms with Crippen LogP contribution in [0.25, 0.3) is 5.65 Å². The number of hydrogen-bond acceptors (Lipinski definition) is 3. The number of pyridine rings is 1. The molecule has 4 nitrogen and oxygen atoms in total. The van der Waals surface area contributed by atoms with Gasteiger partial charge in [-0.05, 0) is 37.1 Å². The number of nitrogens with zero attached hydrogens (tertiary/aromatic N) is 3. The van der Waals surface area contributed by atoms with Crippen molar-refractivity contribution < 1.29 is 0 Å². The molecular weight excluding hydrogens is 260 g/mol. The fraction of sp³-hybridized carbons (Fsp3) is 0.500. The van der Waals surface area contributed by atoms with Crippen LogP contribution in [0.5, 0.6) is 0 Å². The second-order valence-corrected chi connectivity index (χ2v) is 6.15. The van der Waals surface area contributed by atoms with E-state index in [4.69, 9.17) is 11.6 Å². The zero-order chi connectivity index (χ0) is 12.8. The van der Waals surface area contributed by atoms with E-state index >= 15 is 0 Å². The molecule has 100 valence electrons. The summed E-state index contributed by atoms with van der Waals surface area (Å²) < 4.78 is 2.01. The molecule has 2 aromatic rings. The molecule has 4 rings (SSSR count). The Morgan fingerprint density at radius 2 is 2.00 bits per heavy atom. The maximum atomic E-state index is 6.00. The minimum atomic E-state index is 0.748. The van der Waals surface area contributed by atoms with Gasteiger partial charge in [0.1, 0.15) is 5.65 Å². The van der Waals surface area contributed by atoms with E-state index in [-0.39, 0.29) is 0 Å². The molecule has 2 aliphatic rings. The molecule has 2 saturated heterocycles. The maximum absolute atomic E-state index is 6.00. The fourth-order valence-electron chi connectivity index (χ4n) is 3.40. The Morgan fingerprint density at radius 1 is 1.21 bits per heavy atom. The van der Waals surface area contributed by atoms with E-state index in [1.807, 2.05) is 22.7 Å². The molecule has 2 aromatic heterocycles. The van der Waals surface area contributed by atoms with Crippen LogP contribution >= 0.6 is 11.6 Å².